The van der Waals surface area contributed by atoms with Crippen LogP contribution in [0.15, 0.2) is 47.4 Å². The molecule has 2 aromatic carbocycles. The van der Waals surface area contributed by atoms with Crippen LogP contribution in [0.25, 0.3) is 0 Å². The molecule has 0 unspecified atom stereocenters. The van der Waals surface area contributed by atoms with Gasteiger partial charge in [-0.05, 0) is 44.2 Å². The highest BCUT2D eigenvalue weighted by Gasteiger charge is 2.28. The van der Waals surface area contributed by atoms with E-state index in [9.17, 15) is 13.2 Å². The highest BCUT2D eigenvalue weighted by molar-refractivity contribution is 7.92. The summed E-state index contributed by atoms with van der Waals surface area (Å²) in [5, 5.41) is 0.519. The van der Waals surface area contributed by atoms with E-state index in [2.05, 4.69) is 0 Å². The van der Waals surface area contributed by atoms with Crippen LogP contribution in [-0.2, 0) is 19.6 Å². The summed E-state index contributed by atoms with van der Waals surface area (Å²) in [7, 11) is -4.00. The fraction of sp³-hybridized carbons (Fsp3) is 0.235. The summed E-state index contributed by atoms with van der Waals surface area (Å²) in [5.41, 5.74) is 1.10. The SMILES string of the molecule is CCOC(=O)CN(c1cc(Cl)cc(Cl)c1)S(=O)(=O)c1ccc(C)cc1. The quantitative estimate of drug-likeness (QED) is 0.684. The standard InChI is InChI=1S/C17H17Cl2NO4S/c1-3-24-17(21)11-20(15-9-13(18)8-14(19)10-15)25(22,23)16-6-4-12(2)5-7-16/h4-10H,3,11H2,1-2H3. The number of ether oxygens (including phenoxy) is 1. The largest absolute Gasteiger partial charge is 0.465 e. The highest BCUT2D eigenvalue weighted by Crippen LogP contribution is 2.29. The molecule has 0 aliphatic heterocycles. The Morgan fingerprint density at radius 2 is 1.64 bits per heavy atom. The number of anilines is 1. The molecule has 0 aliphatic carbocycles. The van der Waals surface area contributed by atoms with Gasteiger partial charge in [0.25, 0.3) is 10.0 Å². The molecule has 0 fully saturated rings. The molecule has 0 heterocycles. The van der Waals surface area contributed by atoms with Gasteiger partial charge in [-0.2, -0.15) is 0 Å². The summed E-state index contributed by atoms with van der Waals surface area (Å²) >= 11 is 12.0. The van der Waals surface area contributed by atoms with Crippen molar-refractivity contribution >= 4 is 44.9 Å². The number of halogens is 2. The summed E-state index contributed by atoms with van der Waals surface area (Å²) < 4.78 is 31.9. The second kappa shape index (κ2) is 8.08. The predicted octanol–water partition coefficient (Wildman–Crippen LogP) is 4.06. The fourth-order valence-corrected chi connectivity index (χ4v) is 4.07. The minimum absolute atomic E-state index is 0.0542. The van der Waals surface area contributed by atoms with Crippen LogP contribution in [0.1, 0.15) is 12.5 Å². The molecular weight excluding hydrogens is 385 g/mol. The number of hydrogen-bond acceptors (Lipinski definition) is 4. The van der Waals surface area contributed by atoms with Gasteiger partial charge >= 0.3 is 5.97 Å². The molecule has 134 valence electrons. The Hall–Kier alpha value is -1.76. The molecule has 0 amide bonds. The zero-order valence-corrected chi connectivity index (χ0v) is 16.0. The molecular formula is C17H17Cl2NO4S. The van der Waals surface area contributed by atoms with E-state index in [1.807, 2.05) is 6.92 Å². The van der Waals surface area contributed by atoms with E-state index in [1.54, 1.807) is 19.1 Å². The lowest BCUT2D eigenvalue weighted by atomic mass is 10.2. The molecule has 0 radical (unpaired) electrons. The Morgan fingerprint density at radius 3 is 2.16 bits per heavy atom. The Kier molecular flexibility index (Phi) is 6.32. The molecule has 0 aromatic heterocycles. The first-order valence-electron chi connectivity index (χ1n) is 7.45. The number of sulfonamides is 1. The lowest BCUT2D eigenvalue weighted by Gasteiger charge is -2.24. The average molecular weight is 402 g/mol. The molecule has 2 rings (SSSR count). The van der Waals surface area contributed by atoms with E-state index in [1.165, 1.54) is 30.3 Å². The summed E-state index contributed by atoms with van der Waals surface area (Å²) in [5.74, 6) is -0.672. The van der Waals surface area contributed by atoms with Crippen LogP contribution < -0.4 is 4.31 Å². The number of hydrogen-bond donors (Lipinski definition) is 0. The van der Waals surface area contributed by atoms with Gasteiger partial charge in [0.2, 0.25) is 0 Å². The minimum Gasteiger partial charge on any atom is -0.465 e. The van der Waals surface area contributed by atoms with Gasteiger partial charge in [-0.1, -0.05) is 40.9 Å². The first kappa shape index (κ1) is 19.6. The van der Waals surface area contributed by atoms with Crippen molar-refractivity contribution in [3.63, 3.8) is 0 Å². The monoisotopic (exact) mass is 401 g/mol. The maximum absolute atomic E-state index is 13.0. The maximum Gasteiger partial charge on any atom is 0.326 e. The van der Waals surface area contributed by atoms with Crippen LogP contribution in [-0.4, -0.2) is 27.5 Å². The molecule has 0 saturated heterocycles. The van der Waals surface area contributed by atoms with E-state index < -0.39 is 22.5 Å². The molecule has 0 saturated carbocycles. The van der Waals surface area contributed by atoms with Crippen LogP contribution in [0.4, 0.5) is 5.69 Å². The number of carbonyl (C=O) groups excluding carboxylic acids is 1. The third-order valence-corrected chi connectivity index (χ3v) is 5.55. The number of carbonyl (C=O) groups is 1. The minimum atomic E-state index is -4.00. The zero-order valence-electron chi connectivity index (χ0n) is 13.7. The molecule has 25 heavy (non-hydrogen) atoms. The highest BCUT2D eigenvalue weighted by atomic mass is 35.5. The fourth-order valence-electron chi connectivity index (χ4n) is 2.16. The smallest absolute Gasteiger partial charge is 0.326 e. The van der Waals surface area contributed by atoms with Gasteiger partial charge in [0, 0.05) is 10.0 Å². The number of esters is 1. The molecule has 2 aromatic rings. The third kappa shape index (κ3) is 4.87. The van der Waals surface area contributed by atoms with Crippen LogP contribution in [0.2, 0.25) is 10.0 Å². The number of nitrogens with zero attached hydrogens (tertiary/aromatic N) is 1. The van der Waals surface area contributed by atoms with E-state index in [4.69, 9.17) is 27.9 Å². The summed E-state index contributed by atoms with van der Waals surface area (Å²) in [6, 6.07) is 10.7. The van der Waals surface area contributed by atoms with Gasteiger partial charge in [0.05, 0.1) is 17.2 Å². The lowest BCUT2D eigenvalue weighted by Crippen LogP contribution is -2.36. The van der Waals surface area contributed by atoms with Crippen LogP contribution in [0, 0.1) is 6.92 Å². The lowest BCUT2D eigenvalue weighted by molar-refractivity contribution is -0.141. The summed E-state index contributed by atoms with van der Waals surface area (Å²) in [4.78, 5) is 12.0. The molecule has 0 bridgehead atoms. The van der Waals surface area contributed by atoms with Crippen molar-refractivity contribution in [1.29, 1.82) is 0 Å². The number of aryl methyl sites for hydroxylation is 1. The molecule has 0 aliphatic rings. The van der Waals surface area contributed by atoms with Gasteiger partial charge in [-0.15, -0.1) is 0 Å². The summed E-state index contributed by atoms with van der Waals surface area (Å²) in [6.45, 7) is 3.16. The molecule has 8 heteroatoms. The van der Waals surface area contributed by atoms with E-state index in [0.717, 1.165) is 9.87 Å². The van der Waals surface area contributed by atoms with Gasteiger partial charge < -0.3 is 4.74 Å². The number of rotatable bonds is 6. The third-order valence-electron chi connectivity index (χ3n) is 3.32. The van der Waals surface area contributed by atoms with Crippen LogP contribution in [0.5, 0.6) is 0 Å². The maximum atomic E-state index is 13.0. The van der Waals surface area contributed by atoms with Crippen molar-refractivity contribution in [2.45, 2.75) is 18.7 Å². The Morgan fingerprint density at radius 1 is 1.08 bits per heavy atom. The Balaban J connectivity index is 2.53. The summed E-state index contributed by atoms with van der Waals surface area (Å²) in [6.07, 6.45) is 0. The topological polar surface area (TPSA) is 63.7 Å². The van der Waals surface area contributed by atoms with E-state index >= 15 is 0 Å². The van der Waals surface area contributed by atoms with Crippen molar-refractivity contribution in [3.05, 3.63) is 58.1 Å². The molecule has 0 atom stereocenters. The molecule has 5 nitrogen and oxygen atoms in total. The second-order valence-electron chi connectivity index (χ2n) is 5.26. The number of benzene rings is 2. The Labute approximate surface area is 157 Å². The van der Waals surface area contributed by atoms with Crippen molar-refractivity contribution in [2.75, 3.05) is 17.5 Å². The first-order valence-corrected chi connectivity index (χ1v) is 9.64. The normalized spacial score (nSPS) is 11.2. The van der Waals surface area contributed by atoms with E-state index in [-0.39, 0.29) is 27.2 Å². The second-order valence-corrected chi connectivity index (χ2v) is 7.99. The van der Waals surface area contributed by atoms with Crippen LogP contribution in [0.3, 0.4) is 0 Å². The zero-order chi connectivity index (χ0) is 18.6. The van der Waals surface area contributed by atoms with Gasteiger partial charge in [-0.25, -0.2) is 8.42 Å². The van der Waals surface area contributed by atoms with E-state index in [0.29, 0.717) is 0 Å². The van der Waals surface area contributed by atoms with Crippen molar-refractivity contribution in [1.82, 2.24) is 0 Å². The molecule has 0 spiro atoms. The van der Waals surface area contributed by atoms with Gasteiger partial charge in [0.1, 0.15) is 6.54 Å². The van der Waals surface area contributed by atoms with Crippen molar-refractivity contribution in [3.8, 4) is 0 Å². The predicted molar refractivity (Wildman–Crippen MR) is 98.8 cm³/mol. The average Bonchev–Trinajstić information content (AvgIpc) is 2.52. The Bertz CT molecular complexity index is 846. The molecule has 0 N–H and O–H groups in total. The van der Waals surface area contributed by atoms with Gasteiger partial charge in [0.15, 0.2) is 0 Å². The van der Waals surface area contributed by atoms with Crippen molar-refractivity contribution in [2.24, 2.45) is 0 Å². The van der Waals surface area contributed by atoms with Crippen LogP contribution >= 0.6 is 23.2 Å². The van der Waals surface area contributed by atoms with Crippen molar-refractivity contribution < 1.29 is 17.9 Å². The first-order chi connectivity index (χ1) is 11.7. The van der Waals surface area contributed by atoms with Gasteiger partial charge in [-0.3, -0.25) is 9.10 Å².